The summed E-state index contributed by atoms with van der Waals surface area (Å²) in [4.78, 5) is 28.2. The first-order valence-corrected chi connectivity index (χ1v) is 11.7. The Morgan fingerprint density at radius 2 is 1.74 bits per heavy atom. The van der Waals surface area contributed by atoms with E-state index in [9.17, 15) is 9.59 Å². The van der Waals surface area contributed by atoms with Gasteiger partial charge in [-0.05, 0) is 60.7 Å². The Kier molecular flexibility index (Phi) is 6.24. The van der Waals surface area contributed by atoms with Crippen LogP contribution in [0, 0.1) is 0 Å². The molecule has 0 saturated carbocycles. The predicted molar refractivity (Wildman–Crippen MR) is 139 cm³/mol. The van der Waals surface area contributed by atoms with E-state index in [4.69, 9.17) is 27.9 Å². The third-order valence-corrected chi connectivity index (χ3v) is 6.52. The molecule has 5 rings (SSSR count). The fourth-order valence-corrected chi connectivity index (χ4v) is 4.75. The number of nitrogens with one attached hydrogen (secondary N) is 1. The monoisotopic (exact) mass is 505 g/mol. The molecule has 1 aliphatic rings. The third-order valence-electron chi connectivity index (χ3n) is 5.97. The van der Waals surface area contributed by atoms with Gasteiger partial charge in [0.05, 0.1) is 34.8 Å². The molecule has 0 bridgehead atoms. The fourth-order valence-electron chi connectivity index (χ4n) is 4.26. The van der Waals surface area contributed by atoms with Crippen molar-refractivity contribution >= 4 is 46.4 Å². The topological polar surface area (TPSA) is 63.6 Å². The van der Waals surface area contributed by atoms with Gasteiger partial charge in [-0.2, -0.15) is 0 Å². The van der Waals surface area contributed by atoms with Crippen molar-refractivity contribution in [2.24, 2.45) is 0 Å². The second-order valence-electron chi connectivity index (χ2n) is 8.06. The first-order chi connectivity index (χ1) is 17.0. The van der Waals surface area contributed by atoms with Gasteiger partial charge in [-0.1, -0.05) is 35.3 Å². The molecule has 0 atom stereocenters. The van der Waals surface area contributed by atoms with E-state index >= 15 is 0 Å². The maximum absolute atomic E-state index is 13.6. The summed E-state index contributed by atoms with van der Waals surface area (Å²) < 4.78 is 7.61. The Balaban J connectivity index is 1.43. The number of fused-ring (bicyclic) bond motifs is 3. The number of carbonyl (C=O) groups excluding carboxylic acids is 2. The maximum Gasteiger partial charge on any atom is 0.258 e. The second-order valence-corrected chi connectivity index (χ2v) is 8.90. The van der Waals surface area contributed by atoms with Crippen LogP contribution in [-0.2, 0) is 6.42 Å². The molecule has 176 valence electrons. The van der Waals surface area contributed by atoms with Crippen LogP contribution in [0.25, 0.3) is 5.69 Å². The van der Waals surface area contributed by atoms with Crippen LogP contribution in [0.2, 0.25) is 10.0 Å². The zero-order valence-corrected chi connectivity index (χ0v) is 20.3. The summed E-state index contributed by atoms with van der Waals surface area (Å²) in [6, 6.07) is 21.5. The smallest absolute Gasteiger partial charge is 0.258 e. The number of anilines is 2. The minimum atomic E-state index is -0.410. The summed E-state index contributed by atoms with van der Waals surface area (Å²) in [7, 11) is 1.49. The average Bonchev–Trinajstić information content (AvgIpc) is 3.27. The lowest BCUT2D eigenvalue weighted by molar-refractivity contribution is 0.0986. The molecule has 6 nitrogen and oxygen atoms in total. The van der Waals surface area contributed by atoms with Crippen LogP contribution >= 0.6 is 23.2 Å². The zero-order valence-electron chi connectivity index (χ0n) is 18.8. The number of halogens is 2. The summed E-state index contributed by atoms with van der Waals surface area (Å²) in [6.07, 6.45) is 2.73. The van der Waals surface area contributed by atoms with Gasteiger partial charge in [0, 0.05) is 35.4 Å². The van der Waals surface area contributed by atoms with Gasteiger partial charge in [0.25, 0.3) is 11.8 Å². The van der Waals surface area contributed by atoms with Crippen molar-refractivity contribution in [3.8, 4) is 11.4 Å². The molecule has 3 aromatic carbocycles. The van der Waals surface area contributed by atoms with Crippen LogP contribution in [0.4, 0.5) is 11.4 Å². The molecule has 0 unspecified atom stereocenters. The van der Waals surface area contributed by atoms with Crippen molar-refractivity contribution < 1.29 is 14.3 Å². The number of carbonyl (C=O) groups is 2. The molecule has 2 amide bonds. The van der Waals surface area contributed by atoms with E-state index in [1.807, 2.05) is 36.5 Å². The molecule has 35 heavy (non-hydrogen) atoms. The molecule has 2 heterocycles. The van der Waals surface area contributed by atoms with Crippen molar-refractivity contribution in [3.63, 3.8) is 0 Å². The van der Waals surface area contributed by atoms with E-state index in [0.717, 1.165) is 23.5 Å². The lowest BCUT2D eigenvalue weighted by Gasteiger charge is -2.23. The molecule has 0 radical (unpaired) electrons. The Morgan fingerprint density at radius 1 is 0.943 bits per heavy atom. The van der Waals surface area contributed by atoms with Gasteiger partial charge in [0.1, 0.15) is 5.75 Å². The molecular formula is C27H21Cl2N3O3. The van der Waals surface area contributed by atoms with Gasteiger partial charge in [-0.15, -0.1) is 0 Å². The second kappa shape index (κ2) is 9.49. The number of hydrogen-bond acceptors (Lipinski definition) is 3. The highest BCUT2D eigenvalue weighted by Gasteiger charge is 2.25. The van der Waals surface area contributed by atoms with Gasteiger partial charge in [-0.25, -0.2) is 0 Å². The molecule has 1 N–H and O–H groups in total. The molecule has 8 heteroatoms. The van der Waals surface area contributed by atoms with Gasteiger partial charge in [-0.3, -0.25) is 9.59 Å². The Bertz CT molecular complexity index is 1450. The van der Waals surface area contributed by atoms with E-state index in [1.165, 1.54) is 13.2 Å². The summed E-state index contributed by atoms with van der Waals surface area (Å²) in [5, 5.41) is 3.48. The number of hydrogen-bond donors (Lipinski definition) is 1. The van der Waals surface area contributed by atoms with Crippen molar-refractivity contribution in [2.75, 3.05) is 23.9 Å². The lowest BCUT2D eigenvalue weighted by atomic mass is 10.1. The predicted octanol–water partition coefficient (Wildman–Crippen LogP) is 6.25. The quantitative estimate of drug-likeness (QED) is 0.356. The maximum atomic E-state index is 13.6. The Hall–Kier alpha value is -3.74. The largest absolute Gasteiger partial charge is 0.495 e. The Labute approximate surface area is 212 Å². The highest BCUT2D eigenvalue weighted by molar-refractivity contribution is 6.37. The van der Waals surface area contributed by atoms with Gasteiger partial charge < -0.3 is 19.5 Å². The number of amides is 2. The molecule has 1 aliphatic heterocycles. The number of ether oxygens (including phenoxy) is 1. The minimum absolute atomic E-state index is 0.153. The van der Waals surface area contributed by atoms with E-state index in [2.05, 4.69) is 16.0 Å². The molecule has 0 fully saturated rings. The molecule has 1 aromatic heterocycles. The van der Waals surface area contributed by atoms with E-state index in [1.54, 1.807) is 35.2 Å². The number of para-hydroxylation sites is 2. The van der Waals surface area contributed by atoms with E-state index < -0.39 is 5.91 Å². The molecule has 0 saturated heterocycles. The number of aromatic nitrogens is 1. The highest BCUT2D eigenvalue weighted by Crippen LogP contribution is 2.33. The molecule has 4 aromatic rings. The van der Waals surface area contributed by atoms with Crippen LogP contribution in [0.15, 0.2) is 79.0 Å². The summed E-state index contributed by atoms with van der Waals surface area (Å²) in [5.41, 5.74) is 4.08. The van der Waals surface area contributed by atoms with Crippen LogP contribution < -0.4 is 15.0 Å². The normalized spacial score (nSPS) is 12.4. The summed E-state index contributed by atoms with van der Waals surface area (Å²) in [5.74, 6) is -0.198. The van der Waals surface area contributed by atoms with Gasteiger partial charge in [0.15, 0.2) is 0 Å². The van der Waals surface area contributed by atoms with Crippen LogP contribution in [0.3, 0.4) is 0 Å². The van der Waals surface area contributed by atoms with Crippen molar-refractivity contribution in [1.82, 2.24) is 4.57 Å². The highest BCUT2D eigenvalue weighted by atomic mass is 35.5. The van der Waals surface area contributed by atoms with Crippen LogP contribution in [-0.4, -0.2) is 30.0 Å². The van der Waals surface area contributed by atoms with Crippen LogP contribution in [0.5, 0.6) is 5.75 Å². The number of methoxy groups -OCH3 is 1. The average molecular weight is 506 g/mol. The van der Waals surface area contributed by atoms with E-state index in [0.29, 0.717) is 28.6 Å². The van der Waals surface area contributed by atoms with Gasteiger partial charge in [0.2, 0.25) is 0 Å². The number of nitrogens with zero attached hydrogens (tertiary/aromatic N) is 2. The summed E-state index contributed by atoms with van der Waals surface area (Å²) >= 11 is 12.1. The van der Waals surface area contributed by atoms with Crippen molar-refractivity contribution in [3.05, 3.63) is 106 Å². The first-order valence-electron chi connectivity index (χ1n) is 11.0. The molecule has 0 aliphatic carbocycles. The SMILES string of the molecule is COc1cc(C(=O)N2CCc3cccn3-c3ccccc32)ccc1NC(=O)c1ccc(Cl)cc1Cl. The standard InChI is InChI=1S/C27H21Cl2N3O3/c1-35-25-15-17(8-11-22(25)30-26(33)20-10-9-18(28)16-21(20)29)27(34)32-14-12-19-5-4-13-31(19)23-6-2-3-7-24(23)32/h2-11,13,15-16H,12,14H2,1H3,(H,30,33). The van der Waals surface area contributed by atoms with Crippen LogP contribution in [0.1, 0.15) is 26.4 Å². The first kappa shape index (κ1) is 23.0. The Morgan fingerprint density at radius 3 is 2.51 bits per heavy atom. The minimum Gasteiger partial charge on any atom is -0.495 e. The third kappa shape index (κ3) is 4.38. The number of benzene rings is 3. The summed E-state index contributed by atoms with van der Waals surface area (Å²) in [6.45, 7) is 0.537. The van der Waals surface area contributed by atoms with E-state index in [-0.39, 0.29) is 16.5 Å². The van der Waals surface area contributed by atoms with Gasteiger partial charge >= 0.3 is 0 Å². The van der Waals surface area contributed by atoms with Crippen molar-refractivity contribution in [1.29, 1.82) is 0 Å². The molecular weight excluding hydrogens is 485 g/mol. The molecule has 0 spiro atoms. The zero-order chi connectivity index (χ0) is 24.5. The number of rotatable bonds is 4. The lowest BCUT2D eigenvalue weighted by Crippen LogP contribution is -2.32. The van der Waals surface area contributed by atoms with Crippen molar-refractivity contribution in [2.45, 2.75) is 6.42 Å². The fraction of sp³-hybridized carbons (Fsp3) is 0.111.